The summed E-state index contributed by atoms with van der Waals surface area (Å²) in [5, 5.41) is 11.8. The van der Waals surface area contributed by atoms with E-state index in [1.54, 1.807) is 0 Å². The first-order valence-electron chi connectivity index (χ1n) is 19.4. The van der Waals surface area contributed by atoms with Gasteiger partial charge in [-0.1, -0.05) is 0 Å². The average Bonchev–Trinajstić information content (AvgIpc) is 3.97. The van der Waals surface area contributed by atoms with E-state index in [1.807, 2.05) is 0 Å². The Morgan fingerprint density at radius 1 is 0.234 bits per heavy atom. The molecule has 64 heavy (non-hydrogen) atoms. The quantitative estimate of drug-likeness (QED) is 0.157. The minimum absolute atomic E-state index is 0.524. The monoisotopic (exact) mass is 1340 g/mol. The van der Waals surface area contributed by atoms with Gasteiger partial charge in [0.15, 0.2) is 23.3 Å². The van der Waals surface area contributed by atoms with Crippen molar-refractivity contribution in [3.8, 4) is 45.6 Å². The Hall–Kier alpha value is -4.00. The molecule has 0 saturated carbocycles. The van der Waals surface area contributed by atoms with Crippen molar-refractivity contribution >= 4 is 215 Å². The predicted octanol–water partition coefficient (Wildman–Crippen LogP) is 17.6. The van der Waals surface area contributed by atoms with Crippen LogP contribution in [0.15, 0.2) is 133 Å². The van der Waals surface area contributed by atoms with Crippen molar-refractivity contribution in [2.45, 2.75) is 0 Å². The van der Waals surface area contributed by atoms with Crippen LogP contribution in [-0.2, 0) is 0 Å². The fourth-order valence-corrected chi connectivity index (χ4v) is 11.6. The fourth-order valence-electron chi connectivity index (χ4n) is 8.75. The van der Waals surface area contributed by atoms with Crippen molar-refractivity contribution in [3.05, 3.63) is 133 Å². The Morgan fingerprint density at radius 2 is 0.422 bits per heavy atom. The molecular weight excluding hydrogens is 1330 g/mol. The standard InChI is InChI=1S/C48H18Br8N8/c49-33-9-17-1-25-26(2-18(17)10-34(33)50)42-57-41(25)61-43-27-3-19-11-35(51)36(52)12-20(19)4-28(27)45(58-43)63-47-31-7-23-15-39(55)40(56)16-24(23)8-32(31)48(60-47)64-46-30-6-22-14-38(54)37(53)13-21(22)5-29(30)44(59-46)62-42/h1-16H,(H2,57,58,59,60,61,62,63,64). The van der Waals surface area contributed by atoms with Crippen LogP contribution < -0.4 is 0 Å². The van der Waals surface area contributed by atoms with Gasteiger partial charge in [-0.05, 0) is 268 Å². The third kappa shape index (κ3) is 6.37. The number of hydrogen-bond donors (Lipinski definition) is 2. The number of H-pyrrole nitrogens is 2. The summed E-state index contributed by atoms with van der Waals surface area (Å²) in [6, 6.07) is 34.0. The Balaban J connectivity index is 1.23. The summed E-state index contributed by atoms with van der Waals surface area (Å²) in [6.07, 6.45) is 0. The van der Waals surface area contributed by atoms with Gasteiger partial charge < -0.3 is 9.97 Å². The zero-order valence-corrected chi connectivity index (χ0v) is 44.6. The molecule has 0 unspecified atom stereocenters. The van der Waals surface area contributed by atoms with Crippen molar-refractivity contribution in [1.82, 2.24) is 39.9 Å². The van der Waals surface area contributed by atoms with E-state index in [9.17, 15) is 0 Å². The van der Waals surface area contributed by atoms with E-state index >= 15 is 0 Å². The summed E-state index contributed by atoms with van der Waals surface area (Å²) in [6.45, 7) is 0. The van der Waals surface area contributed by atoms with E-state index < -0.39 is 0 Å². The van der Waals surface area contributed by atoms with E-state index in [4.69, 9.17) is 29.9 Å². The molecule has 0 amide bonds. The van der Waals surface area contributed by atoms with Gasteiger partial charge in [-0.3, -0.25) is 0 Å². The van der Waals surface area contributed by atoms with E-state index in [0.29, 0.717) is 45.9 Å². The zero-order valence-electron chi connectivity index (χ0n) is 31.9. The Bertz CT molecular complexity index is 3680. The highest BCUT2D eigenvalue weighted by molar-refractivity contribution is 9.14. The van der Waals surface area contributed by atoms with Crippen molar-refractivity contribution in [1.29, 1.82) is 0 Å². The van der Waals surface area contributed by atoms with Gasteiger partial charge in [-0.25, -0.2) is 29.9 Å². The second-order valence-corrected chi connectivity index (χ2v) is 22.5. The van der Waals surface area contributed by atoms with Crippen molar-refractivity contribution in [3.63, 3.8) is 0 Å². The zero-order chi connectivity index (χ0) is 43.4. The van der Waals surface area contributed by atoms with E-state index in [-0.39, 0.29) is 0 Å². The van der Waals surface area contributed by atoms with Gasteiger partial charge >= 0.3 is 0 Å². The lowest BCUT2D eigenvalue weighted by molar-refractivity contribution is 1.19. The second kappa shape index (κ2) is 14.8. The number of benzene rings is 8. The molecule has 11 aromatic rings. The van der Waals surface area contributed by atoms with Gasteiger partial charge in [0.2, 0.25) is 0 Å². The van der Waals surface area contributed by atoms with Crippen LogP contribution >= 0.6 is 127 Å². The number of hydrogen-bond acceptors (Lipinski definition) is 6. The third-order valence-corrected chi connectivity index (χ3v) is 19.2. The van der Waals surface area contributed by atoms with Crippen LogP contribution in [0.3, 0.4) is 0 Å². The summed E-state index contributed by atoms with van der Waals surface area (Å²) < 4.78 is 7.60. The molecule has 0 fully saturated rings. The lowest BCUT2D eigenvalue weighted by atomic mass is 10.0. The van der Waals surface area contributed by atoms with E-state index in [1.165, 1.54) is 0 Å². The molecule has 8 bridgehead atoms. The lowest BCUT2D eigenvalue weighted by Crippen LogP contribution is -1.85. The molecule has 13 rings (SSSR count). The van der Waals surface area contributed by atoms with Gasteiger partial charge in [-0.15, -0.1) is 0 Å². The number of aromatic amines is 2. The third-order valence-electron chi connectivity index (χ3n) is 11.8. The first kappa shape index (κ1) is 40.3. The first-order chi connectivity index (χ1) is 30.9. The maximum atomic E-state index is 5.37. The molecule has 306 valence electrons. The van der Waals surface area contributed by atoms with Crippen molar-refractivity contribution in [2.24, 2.45) is 0 Å². The van der Waals surface area contributed by atoms with Gasteiger partial charge in [0.05, 0.1) is 0 Å². The molecule has 8 nitrogen and oxygen atoms in total. The van der Waals surface area contributed by atoms with Gasteiger partial charge in [-0.2, -0.15) is 0 Å². The highest BCUT2D eigenvalue weighted by Crippen LogP contribution is 2.43. The Kier molecular flexibility index (Phi) is 9.29. The molecule has 0 spiro atoms. The molecule has 2 aliphatic rings. The van der Waals surface area contributed by atoms with Crippen LogP contribution in [0, 0.1) is 0 Å². The average molecular weight is 1350 g/mol. The molecule has 16 heteroatoms. The van der Waals surface area contributed by atoms with Crippen LogP contribution in [-0.4, -0.2) is 39.9 Å². The maximum Gasteiger partial charge on any atom is 0.164 e. The van der Waals surface area contributed by atoms with Crippen molar-refractivity contribution < 1.29 is 0 Å². The Labute approximate surface area is 428 Å². The summed E-state index contributed by atoms with van der Waals surface area (Å²) in [5.41, 5.74) is 5.88. The molecule has 2 aliphatic heterocycles. The molecule has 0 radical (unpaired) electrons. The minimum Gasteiger partial charge on any atom is -0.324 e. The molecule has 0 aliphatic carbocycles. The number of aromatic nitrogens is 8. The highest BCUT2D eigenvalue weighted by atomic mass is 79.9. The van der Waals surface area contributed by atoms with Gasteiger partial charge in [0.25, 0.3) is 0 Å². The van der Waals surface area contributed by atoms with Crippen molar-refractivity contribution in [2.75, 3.05) is 0 Å². The number of nitrogens with zero attached hydrogens (tertiary/aromatic N) is 6. The fraction of sp³-hybridized carbons (Fsp3) is 0. The topological polar surface area (TPSA) is 109 Å². The van der Waals surface area contributed by atoms with Crippen LogP contribution in [0.25, 0.3) is 133 Å². The van der Waals surface area contributed by atoms with Crippen LogP contribution in [0.2, 0.25) is 0 Å². The molecule has 5 heterocycles. The summed E-state index contributed by atoms with van der Waals surface area (Å²) >= 11 is 29.8. The molecule has 0 saturated heterocycles. The first-order valence-corrected chi connectivity index (χ1v) is 25.8. The summed E-state index contributed by atoms with van der Waals surface area (Å²) in [4.78, 5) is 39.2. The normalized spacial score (nSPS) is 12.4. The van der Waals surface area contributed by atoms with Crippen LogP contribution in [0.1, 0.15) is 0 Å². The van der Waals surface area contributed by atoms with E-state index in [2.05, 4.69) is 234 Å². The minimum atomic E-state index is 0.524. The van der Waals surface area contributed by atoms with Gasteiger partial charge in [0.1, 0.15) is 22.6 Å². The van der Waals surface area contributed by atoms with E-state index in [0.717, 1.165) is 123 Å². The smallest absolute Gasteiger partial charge is 0.164 e. The summed E-state index contributed by atoms with van der Waals surface area (Å²) in [7, 11) is 0. The lowest BCUT2D eigenvalue weighted by Gasteiger charge is -2.06. The van der Waals surface area contributed by atoms with Crippen LogP contribution in [0.4, 0.5) is 0 Å². The number of rotatable bonds is 0. The second-order valence-electron chi connectivity index (χ2n) is 15.7. The SMILES string of the molecule is Brc1cc2cc3c(cc2cc1Br)-c1nc-3nc2[nH]c(nc3nc(nc4[nH]c(n1)c1cc5cc(Br)c(Br)cc5cc41)-c1cc4cc(Br)c(Br)cc4cc1-3)c1cc3cc(Br)c(Br)cc3cc21. The number of nitrogens with one attached hydrogen (secondary N) is 2. The van der Waals surface area contributed by atoms with Crippen LogP contribution in [0.5, 0.6) is 0 Å². The highest BCUT2D eigenvalue weighted by Gasteiger charge is 2.25. The molecule has 0 atom stereocenters. The predicted molar refractivity (Wildman–Crippen MR) is 288 cm³/mol. The molecule has 2 N–H and O–H groups in total. The van der Waals surface area contributed by atoms with Gasteiger partial charge in [0, 0.05) is 79.6 Å². The number of halogens is 8. The largest absolute Gasteiger partial charge is 0.324 e. The number of fused-ring (bicyclic) bond motifs is 24. The molecular formula is C48H18Br8N8. The molecule has 3 aromatic heterocycles. The maximum absolute atomic E-state index is 5.37. The Morgan fingerprint density at radius 3 is 0.625 bits per heavy atom. The summed E-state index contributed by atoms with van der Waals surface area (Å²) in [5.74, 6) is 2.10. The molecule has 8 aromatic carbocycles.